The summed E-state index contributed by atoms with van der Waals surface area (Å²) in [7, 11) is 0. The van der Waals surface area contributed by atoms with Crippen LogP contribution in [0.3, 0.4) is 0 Å². The predicted molar refractivity (Wildman–Crippen MR) is 63.6 cm³/mol. The number of para-hydroxylation sites is 1. The molecule has 17 heavy (non-hydrogen) atoms. The number of rotatable bonds is 2. The van der Waals surface area contributed by atoms with Crippen molar-refractivity contribution in [3.63, 3.8) is 0 Å². The molecule has 0 atom stereocenters. The molecule has 4 nitrogen and oxygen atoms in total. The first kappa shape index (κ1) is 10.4. The van der Waals surface area contributed by atoms with Gasteiger partial charge in [-0.3, -0.25) is 4.79 Å². The van der Waals surface area contributed by atoms with Crippen molar-refractivity contribution in [2.45, 2.75) is 12.8 Å². The molecule has 0 unspecified atom stereocenters. The van der Waals surface area contributed by atoms with Gasteiger partial charge in [-0.2, -0.15) is 8.75 Å². The molecule has 0 saturated heterocycles. The number of hydrogen-bond donors (Lipinski definition) is 0. The van der Waals surface area contributed by atoms with Crippen molar-refractivity contribution in [1.82, 2.24) is 8.75 Å². The van der Waals surface area contributed by atoms with E-state index in [4.69, 9.17) is 4.74 Å². The topological polar surface area (TPSA) is 52.1 Å². The molecule has 1 aliphatic heterocycles. The van der Waals surface area contributed by atoms with Gasteiger partial charge in [0.05, 0.1) is 30.1 Å². The molecule has 0 N–H and O–H groups in total. The fraction of sp³-hybridized carbons (Fsp3) is 0.250. The SMILES string of the molecule is O=C(c1cnsn1)c1cccc2c1OCCC2. The third kappa shape index (κ3) is 1.82. The van der Waals surface area contributed by atoms with Crippen LogP contribution in [-0.2, 0) is 6.42 Å². The summed E-state index contributed by atoms with van der Waals surface area (Å²) >= 11 is 1.04. The van der Waals surface area contributed by atoms with Crippen molar-refractivity contribution >= 4 is 17.5 Å². The van der Waals surface area contributed by atoms with Gasteiger partial charge in [0.2, 0.25) is 5.78 Å². The molecule has 86 valence electrons. The van der Waals surface area contributed by atoms with Crippen molar-refractivity contribution < 1.29 is 9.53 Å². The van der Waals surface area contributed by atoms with Gasteiger partial charge in [0.1, 0.15) is 11.4 Å². The minimum atomic E-state index is -0.113. The predicted octanol–water partition coefficient (Wildman–Crippen LogP) is 2.09. The summed E-state index contributed by atoms with van der Waals surface area (Å²) < 4.78 is 13.4. The van der Waals surface area contributed by atoms with E-state index in [1.54, 1.807) is 6.07 Å². The lowest BCUT2D eigenvalue weighted by Gasteiger charge is -2.19. The molecule has 1 aliphatic rings. The summed E-state index contributed by atoms with van der Waals surface area (Å²) in [5.41, 5.74) is 2.08. The first-order valence-electron chi connectivity index (χ1n) is 5.43. The highest BCUT2D eigenvalue weighted by molar-refractivity contribution is 6.99. The Balaban J connectivity index is 2.06. The number of carbonyl (C=O) groups is 1. The zero-order valence-corrected chi connectivity index (χ0v) is 9.87. The lowest BCUT2D eigenvalue weighted by atomic mass is 9.99. The highest BCUT2D eigenvalue weighted by Crippen LogP contribution is 2.30. The number of aromatic nitrogens is 2. The Morgan fingerprint density at radius 2 is 2.35 bits per heavy atom. The van der Waals surface area contributed by atoms with Crippen molar-refractivity contribution in [3.05, 3.63) is 41.2 Å². The molecular weight excluding hydrogens is 236 g/mol. The zero-order chi connectivity index (χ0) is 11.7. The monoisotopic (exact) mass is 246 g/mol. The Hall–Kier alpha value is -1.75. The maximum absolute atomic E-state index is 12.2. The van der Waals surface area contributed by atoms with E-state index < -0.39 is 0 Å². The van der Waals surface area contributed by atoms with Crippen molar-refractivity contribution in [2.24, 2.45) is 0 Å². The van der Waals surface area contributed by atoms with Crippen LogP contribution in [0.5, 0.6) is 5.75 Å². The molecule has 0 spiro atoms. The molecule has 1 aromatic carbocycles. The highest BCUT2D eigenvalue weighted by atomic mass is 32.1. The van der Waals surface area contributed by atoms with E-state index in [1.165, 1.54) is 6.20 Å². The second kappa shape index (κ2) is 4.25. The van der Waals surface area contributed by atoms with Gasteiger partial charge >= 0.3 is 0 Å². The average molecular weight is 246 g/mol. The van der Waals surface area contributed by atoms with E-state index in [2.05, 4.69) is 8.75 Å². The fourth-order valence-electron chi connectivity index (χ4n) is 1.97. The van der Waals surface area contributed by atoms with Crippen LogP contribution in [0.25, 0.3) is 0 Å². The smallest absolute Gasteiger partial charge is 0.217 e. The van der Waals surface area contributed by atoms with Gasteiger partial charge in [-0.15, -0.1) is 0 Å². The highest BCUT2D eigenvalue weighted by Gasteiger charge is 2.21. The van der Waals surface area contributed by atoms with Crippen LogP contribution in [-0.4, -0.2) is 21.1 Å². The number of fused-ring (bicyclic) bond motifs is 1. The maximum Gasteiger partial charge on any atom is 0.217 e. The third-order valence-electron chi connectivity index (χ3n) is 2.77. The summed E-state index contributed by atoms with van der Waals surface area (Å²) in [6, 6.07) is 5.68. The van der Waals surface area contributed by atoms with Gasteiger partial charge in [0, 0.05) is 0 Å². The summed E-state index contributed by atoms with van der Waals surface area (Å²) in [4.78, 5) is 12.2. The second-order valence-corrected chi connectivity index (χ2v) is 4.42. The Labute approximate surface area is 103 Å². The van der Waals surface area contributed by atoms with Crippen LogP contribution < -0.4 is 4.74 Å². The van der Waals surface area contributed by atoms with Gasteiger partial charge < -0.3 is 4.74 Å². The Morgan fingerprint density at radius 1 is 1.41 bits per heavy atom. The van der Waals surface area contributed by atoms with Gasteiger partial charge in [-0.25, -0.2) is 0 Å². The summed E-state index contributed by atoms with van der Waals surface area (Å²) in [6.07, 6.45) is 3.46. The molecule has 0 saturated carbocycles. The number of nitrogens with zero attached hydrogens (tertiary/aromatic N) is 2. The second-order valence-electron chi connectivity index (χ2n) is 3.87. The minimum absolute atomic E-state index is 0.113. The molecule has 5 heteroatoms. The Kier molecular flexibility index (Phi) is 2.60. The van der Waals surface area contributed by atoms with Gasteiger partial charge in [0.25, 0.3) is 0 Å². The summed E-state index contributed by atoms with van der Waals surface area (Å²) in [5, 5.41) is 0. The first-order valence-corrected chi connectivity index (χ1v) is 6.16. The van der Waals surface area contributed by atoms with E-state index in [0.717, 1.165) is 35.9 Å². The molecule has 1 aromatic heterocycles. The Bertz CT molecular complexity index is 552. The van der Waals surface area contributed by atoms with Crippen LogP contribution in [0.1, 0.15) is 28.0 Å². The average Bonchev–Trinajstić information content (AvgIpc) is 2.91. The van der Waals surface area contributed by atoms with E-state index in [9.17, 15) is 4.79 Å². The summed E-state index contributed by atoms with van der Waals surface area (Å²) in [5.74, 6) is 0.606. The quantitative estimate of drug-likeness (QED) is 0.761. The van der Waals surface area contributed by atoms with Gasteiger partial charge in [-0.1, -0.05) is 12.1 Å². The molecule has 0 radical (unpaired) electrons. The van der Waals surface area contributed by atoms with Crippen LogP contribution in [0.4, 0.5) is 0 Å². The van der Waals surface area contributed by atoms with Crippen molar-refractivity contribution in [1.29, 1.82) is 0 Å². The van der Waals surface area contributed by atoms with Crippen LogP contribution in [0, 0.1) is 0 Å². The molecule has 0 bridgehead atoms. The first-order chi connectivity index (χ1) is 8.36. The summed E-state index contributed by atoms with van der Waals surface area (Å²) in [6.45, 7) is 0.673. The number of carbonyl (C=O) groups excluding carboxylic acids is 1. The third-order valence-corrected chi connectivity index (χ3v) is 3.25. The largest absolute Gasteiger partial charge is 0.493 e. The Morgan fingerprint density at radius 3 is 3.18 bits per heavy atom. The van der Waals surface area contributed by atoms with E-state index >= 15 is 0 Å². The maximum atomic E-state index is 12.2. The molecule has 0 amide bonds. The van der Waals surface area contributed by atoms with E-state index in [0.29, 0.717) is 17.9 Å². The number of ketones is 1. The van der Waals surface area contributed by atoms with Crippen LogP contribution >= 0.6 is 11.7 Å². The molecule has 3 rings (SSSR count). The van der Waals surface area contributed by atoms with Crippen LogP contribution in [0.15, 0.2) is 24.4 Å². The lowest BCUT2D eigenvalue weighted by molar-refractivity contribution is 0.103. The van der Waals surface area contributed by atoms with Crippen molar-refractivity contribution in [3.8, 4) is 5.75 Å². The number of aryl methyl sites for hydroxylation is 1. The normalized spacial score (nSPS) is 13.9. The fourth-order valence-corrected chi connectivity index (χ4v) is 2.38. The number of benzene rings is 1. The van der Waals surface area contributed by atoms with Gasteiger partial charge in [0.15, 0.2) is 0 Å². The zero-order valence-electron chi connectivity index (χ0n) is 9.05. The number of hydrogen-bond acceptors (Lipinski definition) is 5. The molecule has 0 fully saturated rings. The van der Waals surface area contributed by atoms with Gasteiger partial charge in [-0.05, 0) is 24.5 Å². The van der Waals surface area contributed by atoms with Crippen LogP contribution in [0.2, 0.25) is 0 Å². The molecule has 2 heterocycles. The minimum Gasteiger partial charge on any atom is -0.493 e. The lowest BCUT2D eigenvalue weighted by Crippen LogP contribution is -2.13. The molecular formula is C12H10N2O2S. The molecule has 0 aliphatic carbocycles. The molecule has 2 aromatic rings. The standard InChI is InChI=1S/C12H10N2O2S/c15-11(10-7-13-17-14-10)9-5-1-3-8-4-2-6-16-12(8)9/h1,3,5,7H,2,4,6H2. The van der Waals surface area contributed by atoms with Crippen molar-refractivity contribution in [2.75, 3.05) is 6.61 Å². The van der Waals surface area contributed by atoms with E-state index in [1.807, 2.05) is 12.1 Å². The number of ether oxygens (including phenoxy) is 1. The van der Waals surface area contributed by atoms with E-state index in [-0.39, 0.29) is 5.78 Å².